The molecule has 2 nitrogen and oxygen atoms in total. The molecule has 0 heterocycles. The third-order valence-corrected chi connectivity index (χ3v) is 4.57. The summed E-state index contributed by atoms with van der Waals surface area (Å²) in [5.41, 5.74) is 2.98. The second-order valence-electron chi connectivity index (χ2n) is 5.45. The van der Waals surface area contributed by atoms with Gasteiger partial charge in [0.05, 0.1) is 5.92 Å². The summed E-state index contributed by atoms with van der Waals surface area (Å²) in [4.78, 5) is 11.1. The maximum Gasteiger partial charge on any atom is 0.306 e. The highest BCUT2D eigenvalue weighted by Crippen LogP contribution is 2.46. The van der Waals surface area contributed by atoms with Crippen LogP contribution in [-0.2, 0) is 11.2 Å². The number of carboxylic acid groups (broad SMARTS) is 1. The minimum Gasteiger partial charge on any atom is -0.481 e. The maximum atomic E-state index is 11.1. The molecule has 17 heavy (non-hydrogen) atoms. The van der Waals surface area contributed by atoms with Gasteiger partial charge in [-0.2, -0.15) is 0 Å². The van der Waals surface area contributed by atoms with Crippen molar-refractivity contribution in [1.82, 2.24) is 0 Å². The topological polar surface area (TPSA) is 37.3 Å². The average molecular weight is 230 g/mol. The van der Waals surface area contributed by atoms with Crippen LogP contribution in [0.3, 0.4) is 0 Å². The zero-order valence-electron chi connectivity index (χ0n) is 9.93. The van der Waals surface area contributed by atoms with Gasteiger partial charge in [-0.15, -0.1) is 0 Å². The number of hydrogen-bond acceptors (Lipinski definition) is 1. The molecule has 2 heteroatoms. The van der Waals surface area contributed by atoms with Crippen LogP contribution in [0.25, 0.3) is 0 Å². The molecule has 1 fully saturated rings. The van der Waals surface area contributed by atoms with Gasteiger partial charge in [0.15, 0.2) is 0 Å². The van der Waals surface area contributed by atoms with Crippen LogP contribution in [0, 0.1) is 11.8 Å². The van der Waals surface area contributed by atoms with Gasteiger partial charge in [0.1, 0.15) is 0 Å². The predicted octanol–water partition coefficient (Wildman–Crippen LogP) is 3.22. The summed E-state index contributed by atoms with van der Waals surface area (Å²) < 4.78 is 0. The van der Waals surface area contributed by atoms with Crippen LogP contribution in [0.1, 0.15) is 42.7 Å². The standard InChI is InChI=1S/C15H18O2/c16-15(17)12-7-8-14-11(9-12)6-5-10-3-1-2-4-13(10)14/h1-4,11-12,14H,5-9H2,(H,16,17). The molecule has 0 saturated heterocycles. The van der Waals surface area contributed by atoms with Crippen LogP contribution in [0.5, 0.6) is 0 Å². The molecule has 3 rings (SSSR count). The fourth-order valence-corrected chi connectivity index (χ4v) is 3.68. The maximum absolute atomic E-state index is 11.1. The van der Waals surface area contributed by atoms with Crippen molar-refractivity contribution in [3.8, 4) is 0 Å². The summed E-state index contributed by atoms with van der Waals surface area (Å²) in [6.45, 7) is 0. The van der Waals surface area contributed by atoms with E-state index < -0.39 is 5.97 Å². The molecule has 2 aliphatic rings. The second kappa shape index (κ2) is 4.17. The first-order valence-corrected chi connectivity index (χ1v) is 6.56. The zero-order valence-corrected chi connectivity index (χ0v) is 9.93. The van der Waals surface area contributed by atoms with Gasteiger partial charge in [0.2, 0.25) is 0 Å². The van der Waals surface area contributed by atoms with Crippen LogP contribution in [-0.4, -0.2) is 11.1 Å². The third-order valence-electron chi connectivity index (χ3n) is 4.57. The normalized spacial score (nSPS) is 31.4. The van der Waals surface area contributed by atoms with Gasteiger partial charge in [-0.1, -0.05) is 24.3 Å². The smallest absolute Gasteiger partial charge is 0.306 e. The summed E-state index contributed by atoms with van der Waals surface area (Å²) in [6.07, 6.45) is 5.09. The van der Waals surface area contributed by atoms with Gasteiger partial charge in [0.25, 0.3) is 0 Å². The molecular weight excluding hydrogens is 212 g/mol. The fourth-order valence-electron chi connectivity index (χ4n) is 3.68. The first-order valence-electron chi connectivity index (χ1n) is 6.56. The molecule has 0 radical (unpaired) electrons. The van der Waals surface area contributed by atoms with Crippen LogP contribution in [0.4, 0.5) is 0 Å². The molecule has 0 bridgehead atoms. The molecular formula is C15H18O2. The van der Waals surface area contributed by atoms with E-state index in [-0.39, 0.29) is 5.92 Å². The van der Waals surface area contributed by atoms with E-state index in [0.717, 1.165) is 25.7 Å². The van der Waals surface area contributed by atoms with E-state index in [1.54, 1.807) is 0 Å². The molecule has 1 N–H and O–H groups in total. The van der Waals surface area contributed by atoms with Crippen molar-refractivity contribution in [3.05, 3.63) is 35.4 Å². The zero-order chi connectivity index (χ0) is 11.8. The highest BCUT2D eigenvalue weighted by Gasteiger charge is 2.37. The molecule has 90 valence electrons. The summed E-state index contributed by atoms with van der Waals surface area (Å²) in [7, 11) is 0. The van der Waals surface area contributed by atoms with E-state index in [1.165, 1.54) is 17.5 Å². The lowest BCUT2D eigenvalue weighted by atomic mass is 9.65. The number of rotatable bonds is 1. The van der Waals surface area contributed by atoms with Crippen molar-refractivity contribution < 1.29 is 9.90 Å². The number of fused-ring (bicyclic) bond motifs is 3. The number of benzene rings is 1. The van der Waals surface area contributed by atoms with Crippen LogP contribution >= 0.6 is 0 Å². The Bertz CT molecular complexity index is 438. The second-order valence-corrected chi connectivity index (χ2v) is 5.45. The van der Waals surface area contributed by atoms with Gasteiger partial charge in [-0.05, 0) is 55.1 Å². The van der Waals surface area contributed by atoms with Gasteiger partial charge >= 0.3 is 5.97 Å². The van der Waals surface area contributed by atoms with Crippen LogP contribution in [0.15, 0.2) is 24.3 Å². The Morgan fingerprint density at radius 1 is 1.18 bits per heavy atom. The van der Waals surface area contributed by atoms with E-state index in [4.69, 9.17) is 5.11 Å². The predicted molar refractivity (Wildman–Crippen MR) is 66.0 cm³/mol. The molecule has 3 unspecified atom stereocenters. The lowest BCUT2D eigenvalue weighted by Gasteiger charge is -2.39. The van der Waals surface area contributed by atoms with Gasteiger partial charge in [-0.3, -0.25) is 4.79 Å². The van der Waals surface area contributed by atoms with Gasteiger partial charge in [0, 0.05) is 0 Å². The summed E-state index contributed by atoms with van der Waals surface area (Å²) in [5, 5.41) is 9.12. The van der Waals surface area contributed by atoms with Crippen molar-refractivity contribution in [2.75, 3.05) is 0 Å². The van der Waals surface area contributed by atoms with Gasteiger partial charge < -0.3 is 5.11 Å². The number of carboxylic acids is 1. The Labute approximate surface area is 102 Å². The minimum atomic E-state index is -0.595. The van der Waals surface area contributed by atoms with Crippen LogP contribution in [0.2, 0.25) is 0 Å². The largest absolute Gasteiger partial charge is 0.481 e. The Kier molecular flexibility index (Phi) is 2.65. The number of hydrogen-bond donors (Lipinski definition) is 1. The molecule has 0 spiro atoms. The highest BCUT2D eigenvalue weighted by atomic mass is 16.4. The molecule has 0 amide bonds. The Hall–Kier alpha value is -1.31. The summed E-state index contributed by atoms with van der Waals surface area (Å²) >= 11 is 0. The van der Waals surface area contributed by atoms with E-state index >= 15 is 0 Å². The molecule has 0 aliphatic heterocycles. The number of aliphatic carboxylic acids is 1. The molecule has 1 aromatic carbocycles. The lowest BCUT2D eigenvalue weighted by Crippen LogP contribution is -2.31. The average Bonchev–Trinajstić information content (AvgIpc) is 2.38. The molecule has 1 saturated carbocycles. The molecule has 2 aliphatic carbocycles. The SMILES string of the molecule is O=C(O)C1CCC2c3ccccc3CCC2C1. The van der Waals surface area contributed by atoms with E-state index in [2.05, 4.69) is 24.3 Å². The number of carbonyl (C=O) groups is 1. The van der Waals surface area contributed by atoms with Crippen molar-refractivity contribution in [2.45, 2.75) is 38.0 Å². The Morgan fingerprint density at radius 3 is 2.82 bits per heavy atom. The highest BCUT2D eigenvalue weighted by molar-refractivity contribution is 5.70. The molecule has 3 atom stereocenters. The molecule has 1 aromatic rings. The Balaban J connectivity index is 1.85. The van der Waals surface area contributed by atoms with Gasteiger partial charge in [-0.25, -0.2) is 0 Å². The van der Waals surface area contributed by atoms with Crippen molar-refractivity contribution in [3.63, 3.8) is 0 Å². The summed E-state index contributed by atoms with van der Waals surface area (Å²) in [6, 6.07) is 8.70. The van der Waals surface area contributed by atoms with Crippen molar-refractivity contribution >= 4 is 5.97 Å². The van der Waals surface area contributed by atoms with Crippen LogP contribution < -0.4 is 0 Å². The lowest BCUT2D eigenvalue weighted by molar-refractivity contribution is -0.143. The summed E-state index contributed by atoms with van der Waals surface area (Å²) in [5.74, 6) is 0.527. The number of aryl methyl sites for hydroxylation is 1. The molecule has 0 aromatic heterocycles. The quantitative estimate of drug-likeness (QED) is 0.804. The minimum absolute atomic E-state index is 0.0958. The van der Waals surface area contributed by atoms with E-state index in [0.29, 0.717) is 11.8 Å². The van der Waals surface area contributed by atoms with Crippen molar-refractivity contribution in [2.24, 2.45) is 11.8 Å². The third kappa shape index (κ3) is 1.86. The van der Waals surface area contributed by atoms with Crippen molar-refractivity contribution in [1.29, 1.82) is 0 Å². The van der Waals surface area contributed by atoms with E-state index in [1.807, 2.05) is 0 Å². The first kappa shape index (κ1) is 10.8. The van der Waals surface area contributed by atoms with E-state index in [9.17, 15) is 4.79 Å². The first-order chi connectivity index (χ1) is 8.25. The fraction of sp³-hybridized carbons (Fsp3) is 0.533. The Morgan fingerprint density at radius 2 is 2.00 bits per heavy atom. The monoisotopic (exact) mass is 230 g/mol.